The normalized spacial score (nSPS) is 11.9. The summed E-state index contributed by atoms with van der Waals surface area (Å²) in [5.74, 6) is 1.49. The van der Waals surface area contributed by atoms with E-state index in [0.717, 1.165) is 15.7 Å². The molecule has 0 amide bonds. The molecule has 158 valence electrons. The molecule has 2 aromatic carbocycles. The van der Waals surface area contributed by atoms with Crippen molar-refractivity contribution in [1.82, 2.24) is 4.68 Å². The Kier molecular flexibility index (Phi) is 7.67. The monoisotopic (exact) mass is 491 g/mol. The van der Waals surface area contributed by atoms with E-state index >= 15 is 0 Å². The SMILES string of the molecule is COCCN=c1scc(-c2ccc(OC)cc2OC)n1N=Cc1cc(Br)ccc1O. The second-order valence-corrected chi connectivity index (χ2v) is 7.86. The zero-order valence-electron chi connectivity index (χ0n) is 16.8. The van der Waals surface area contributed by atoms with E-state index in [-0.39, 0.29) is 5.75 Å². The van der Waals surface area contributed by atoms with Crippen LogP contribution >= 0.6 is 27.3 Å². The fraction of sp³-hybridized carbons (Fsp3) is 0.238. The van der Waals surface area contributed by atoms with E-state index in [4.69, 9.17) is 14.2 Å². The summed E-state index contributed by atoms with van der Waals surface area (Å²) in [6, 6.07) is 10.8. The lowest BCUT2D eigenvalue weighted by Gasteiger charge is -2.11. The van der Waals surface area contributed by atoms with Gasteiger partial charge in [-0.1, -0.05) is 15.9 Å². The topological polar surface area (TPSA) is 77.6 Å². The van der Waals surface area contributed by atoms with Crippen LogP contribution in [0.4, 0.5) is 0 Å². The quantitative estimate of drug-likeness (QED) is 0.379. The lowest BCUT2D eigenvalue weighted by atomic mass is 10.1. The van der Waals surface area contributed by atoms with Gasteiger partial charge in [-0.15, -0.1) is 11.3 Å². The fourth-order valence-electron chi connectivity index (χ4n) is 2.70. The van der Waals surface area contributed by atoms with Crippen LogP contribution in [0.15, 0.2) is 56.3 Å². The van der Waals surface area contributed by atoms with Crippen LogP contribution in [0.3, 0.4) is 0 Å². The number of phenols is 1. The van der Waals surface area contributed by atoms with E-state index in [1.54, 1.807) is 50.4 Å². The molecule has 0 bridgehead atoms. The number of ether oxygens (including phenoxy) is 3. The fourth-order valence-corrected chi connectivity index (χ4v) is 3.93. The summed E-state index contributed by atoms with van der Waals surface area (Å²) >= 11 is 4.88. The molecule has 0 saturated heterocycles. The Morgan fingerprint density at radius 3 is 2.70 bits per heavy atom. The Bertz CT molecular complexity index is 1110. The highest BCUT2D eigenvalue weighted by molar-refractivity contribution is 9.10. The third-order valence-corrected chi connectivity index (χ3v) is 5.56. The van der Waals surface area contributed by atoms with Crippen LogP contribution in [0.5, 0.6) is 17.2 Å². The lowest BCUT2D eigenvalue weighted by molar-refractivity contribution is 0.207. The average Bonchev–Trinajstić information content (AvgIpc) is 3.16. The van der Waals surface area contributed by atoms with Crippen molar-refractivity contribution in [2.45, 2.75) is 0 Å². The third-order valence-electron chi connectivity index (χ3n) is 4.21. The van der Waals surface area contributed by atoms with Gasteiger partial charge in [0.15, 0.2) is 0 Å². The van der Waals surface area contributed by atoms with Crippen LogP contribution in [0, 0.1) is 0 Å². The minimum Gasteiger partial charge on any atom is -0.507 e. The Labute approximate surface area is 187 Å². The molecule has 3 aromatic rings. The Balaban J connectivity index is 2.12. The first-order chi connectivity index (χ1) is 14.6. The maximum Gasteiger partial charge on any atom is 0.206 e. The highest BCUT2D eigenvalue weighted by Crippen LogP contribution is 2.33. The van der Waals surface area contributed by atoms with Crippen molar-refractivity contribution in [1.29, 1.82) is 0 Å². The van der Waals surface area contributed by atoms with Gasteiger partial charge in [0.2, 0.25) is 4.80 Å². The second-order valence-electron chi connectivity index (χ2n) is 6.10. The van der Waals surface area contributed by atoms with E-state index < -0.39 is 0 Å². The van der Waals surface area contributed by atoms with Crippen molar-refractivity contribution >= 4 is 33.5 Å². The van der Waals surface area contributed by atoms with Gasteiger partial charge in [-0.2, -0.15) is 5.10 Å². The predicted octanol–water partition coefficient (Wildman–Crippen LogP) is 4.13. The molecular formula is C21H22BrN3O4S. The van der Waals surface area contributed by atoms with Crippen LogP contribution in [0.25, 0.3) is 11.3 Å². The summed E-state index contributed by atoms with van der Waals surface area (Å²) in [4.78, 5) is 5.29. The molecule has 0 spiro atoms. The van der Waals surface area contributed by atoms with Gasteiger partial charge in [-0.05, 0) is 30.3 Å². The van der Waals surface area contributed by atoms with Crippen molar-refractivity contribution in [3.8, 4) is 28.5 Å². The standard InChI is InChI=1S/C21H22BrN3O4S/c1-27-9-8-23-21-25(24-12-14-10-15(22)4-7-19(14)26)18(13-30-21)17-6-5-16(28-2)11-20(17)29-3/h4-7,10-13,26H,8-9H2,1-3H3. The first-order valence-electron chi connectivity index (χ1n) is 9.02. The molecule has 1 aromatic heterocycles. The van der Waals surface area contributed by atoms with Crippen molar-refractivity contribution in [2.24, 2.45) is 10.1 Å². The Hall–Kier alpha value is -2.62. The number of hydrogen-bond donors (Lipinski definition) is 1. The maximum atomic E-state index is 10.1. The van der Waals surface area contributed by atoms with Gasteiger partial charge < -0.3 is 19.3 Å². The Morgan fingerprint density at radius 2 is 1.97 bits per heavy atom. The van der Waals surface area contributed by atoms with Crippen molar-refractivity contribution in [2.75, 3.05) is 34.5 Å². The maximum absolute atomic E-state index is 10.1. The van der Waals surface area contributed by atoms with E-state index in [1.165, 1.54) is 11.3 Å². The molecule has 0 aliphatic carbocycles. The lowest BCUT2D eigenvalue weighted by Crippen LogP contribution is -2.14. The molecular weight excluding hydrogens is 470 g/mol. The summed E-state index contributed by atoms with van der Waals surface area (Å²) in [7, 11) is 4.86. The smallest absolute Gasteiger partial charge is 0.206 e. The van der Waals surface area contributed by atoms with E-state index in [2.05, 4.69) is 26.0 Å². The molecule has 0 radical (unpaired) electrons. The molecule has 1 N–H and O–H groups in total. The molecule has 30 heavy (non-hydrogen) atoms. The van der Waals surface area contributed by atoms with Crippen LogP contribution in [0.2, 0.25) is 0 Å². The van der Waals surface area contributed by atoms with Gasteiger partial charge in [0.05, 0.1) is 39.3 Å². The first kappa shape index (κ1) is 22.1. The summed E-state index contributed by atoms with van der Waals surface area (Å²) < 4.78 is 18.5. The predicted molar refractivity (Wildman–Crippen MR) is 122 cm³/mol. The molecule has 3 rings (SSSR count). The summed E-state index contributed by atoms with van der Waals surface area (Å²) in [6.45, 7) is 1.02. The summed E-state index contributed by atoms with van der Waals surface area (Å²) in [6.07, 6.45) is 1.60. The Morgan fingerprint density at radius 1 is 1.13 bits per heavy atom. The zero-order chi connectivity index (χ0) is 21.5. The third kappa shape index (κ3) is 5.10. The van der Waals surface area contributed by atoms with Crippen LogP contribution in [0.1, 0.15) is 5.56 Å². The molecule has 0 aliphatic rings. The van der Waals surface area contributed by atoms with Gasteiger partial charge in [0.1, 0.15) is 17.2 Å². The minimum absolute atomic E-state index is 0.138. The minimum atomic E-state index is 0.138. The van der Waals surface area contributed by atoms with Crippen molar-refractivity contribution in [3.05, 3.63) is 56.6 Å². The number of halogens is 1. The van der Waals surface area contributed by atoms with Gasteiger partial charge in [0, 0.05) is 34.2 Å². The van der Waals surface area contributed by atoms with Crippen LogP contribution in [-0.4, -0.2) is 50.5 Å². The molecule has 7 nitrogen and oxygen atoms in total. The number of aromatic nitrogens is 1. The number of aromatic hydroxyl groups is 1. The van der Waals surface area contributed by atoms with Gasteiger partial charge >= 0.3 is 0 Å². The number of benzene rings is 2. The number of methoxy groups -OCH3 is 3. The van der Waals surface area contributed by atoms with Gasteiger partial charge in [-0.25, -0.2) is 4.68 Å². The second kappa shape index (κ2) is 10.4. The van der Waals surface area contributed by atoms with Gasteiger partial charge in [0.25, 0.3) is 0 Å². The van der Waals surface area contributed by atoms with Crippen LogP contribution < -0.4 is 14.3 Å². The van der Waals surface area contributed by atoms with Crippen molar-refractivity contribution < 1.29 is 19.3 Å². The van der Waals surface area contributed by atoms with Crippen LogP contribution in [-0.2, 0) is 4.74 Å². The molecule has 1 heterocycles. The zero-order valence-corrected chi connectivity index (χ0v) is 19.2. The molecule has 0 aliphatic heterocycles. The number of hydrogen-bond acceptors (Lipinski definition) is 7. The molecule has 0 unspecified atom stereocenters. The largest absolute Gasteiger partial charge is 0.507 e. The van der Waals surface area contributed by atoms with Crippen molar-refractivity contribution in [3.63, 3.8) is 0 Å². The first-order valence-corrected chi connectivity index (χ1v) is 10.7. The number of phenolic OH excluding ortho intramolecular Hbond substituents is 1. The molecule has 9 heteroatoms. The highest BCUT2D eigenvalue weighted by Gasteiger charge is 2.14. The van der Waals surface area contributed by atoms with E-state index in [9.17, 15) is 5.11 Å². The summed E-state index contributed by atoms with van der Waals surface area (Å²) in [5, 5.41) is 16.7. The summed E-state index contributed by atoms with van der Waals surface area (Å²) in [5.41, 5.74) is 2.23. The average molecular weight is 492 g/mol. The van der Waals surface area contributed by atoms with E-state index in [1.807, 2.05) is 23.6 Å². The molecule has 0 saturated carbocycles. The molecule has 0 atom stereocenters. The van der Waals surface area contributed by atoms with E-state index in [0.29, 0.717) is 35.0 Å². The van der Waals surface area contributed by atoms with Gasteiger partial charge in [-0.3, -0.25) is 4.99 Å². The number of rotatable bonds is 8. The highest BCUT2D eigenvalue weighted by atomic mass is 79.9. The molecule has 0 fully saturated rings. The number of thiazole rings is 1. The number of nitrogens with zero attached hydrogens (tertiary/aromatic N) is 3.